The number of halogens is 4. The molecule has 40 heavy (non-hydrogen) atoms. The molecule has 10 heteroatoms. The molecule has 2 aliphatic heterocycles. The molecular formula is C30H33F4N5O. The Morgan fingerprint density at radius 1 is 1.00 bits per heavy atom. The van der Waals surface area contributed by atoms with Crippen LogP contribution in [0.15, 0.2) is 30.3 Å². The van der Waals surface area contributed by atoms with Gasteiger partial charge in [-0.3, -0.25) is 9.47 Å². The maximum atomic E-state index is 14.9. The summed E-state index contributed by atoms with van der Waals surface area (Å²) in [4.78, 5) is 3.75. The van der Waals surface area contributed by atoms with Crippen molar-refractivity contribution in [1.82, 2.24) is 19.7 Å². The highest BCUT2D eigenvalue weighted by Crippen LogP contribution is 2.57. The molecule has 1 spiro atoms. The maximum Gasteiger partial charge on any atom is 0.263 e. The van der Waals surface area contributed by atoms with Crippen LogP contribution in [0, 0.1) is 23.0 Å². The van der Waals surface area contributed by atoms with E-state index in [4.69, 9.17) is 4.74 Å². The molecule has 4 aliphatic rings. The molecule has 3 heterocycles. The minimum absolute atomic E-state index is 0.0313. The summed E-state index contributed by atoms with van der Waals surface area (Å²) in [5, 5.41) is 9.11. The highest BCUT2D eigenvalue weighted by atomic mass is 19.3. The highest BCUT2D eigenvalue weighted by Gasteiger charge is 2.55. The van der Waals surface area contributed by atoms with Gasteiger partial charge in [-0.25, -0.2) is 17.6 Å². The van der Waals surface area contributed by atoms with Gasteiger partial charge in [-0.1, -0.05) is 19.1 Å². The zero-order chi connectivity index (χ0) is 27.8. The second-order valence-corrected chi connectivity index (χ2v) is 12.2. The van der Waals surface area contributed by atoms with Gasteiger partial charge < -0.3 is 9.64 Å². The van der Waals surface area contributed by atoms with Gasteiger partial charge in [0.1, 0.15) is 11.6 Å². The van der Waals surface area contributed by atoms with Crippen LogP contribution in [-0.4, -0.2) is 52.3 Å². The van der Waals surface area contributed by atoms with Crippen LogP contribution in [0.2, 0.25) is 0 Å². The van der Waals surface area contributed by atoms with Crippen molar-refractivity contribution in [2.75, 3.05) is 31.6 Å². The van der Waals surface area contributed by atoms with E-state index >= 15 is 0 Å². The molecule has 0 unspecified atom stereocenters. The van der Waals surface area contributed by atoms with Gasteiger partial charge in [-0.05, 0) is 49.3 Å². The third kappa shape index (κ3) is 4.26. The summed E-state index contributed by atoms with van der Waals surface area (Å²) < 4.78 is 65.2. The van der Waals surface area contributed by atoms with Crippen LogP contribution in [0.3, 0.4) is 0 Å². The van der Waals surface area contributed by atoms with Gasteiger partial charge in [0.2, 0.25) is 0 Å². The fraction of sp³-hybridized carbons (Fsp3) is 0.533. The van der Waals surface area contributed by atoms with E-state index in [-0.39, 0.29) is 23.6 Å². The number of anilines is 1. The van der Waals surface area contributed by atoms with Crippen LogP contribution >= 0.6 is 0 Å². The molecule has 0 atom stereocenters. The van der Waals surface area contributed by atoms with E-state index in [2.05, 4.69) is 39.9 Å². The van der Waals surface area contributed by atoms with Crippen molar-refractivity contribution < 1.29 is 22.3 Å². The van der Waals surface area contributed by atoms with Crippen molar-refractivity contribution >= 4 is 5.69 Å². The van der Waals surface area contributed by atoms with Gasteiger partial charge in [0.05, 0.1) is 31.6 Å². The predicted molar refractivity (Wildman–Crippen MR) is 142 cm³/mol. The number of methoxy groups -OCH3 is 1. The molecule has 1 aromatic heterocycles. The summed E-state index contributed by atoms with van der Waals surface area (Å²) in [5.41, 5.74) is 3.57. The molecule has 2 aliphatic carbocycles. The van der Waals surface area contributed by atoms with Crippen molar-refractivity contribution in [1.29, 1.82) is 0 Å². The maximum absolute atomic E-state index is 14.9. The molecule has 0 amide bonds. The second-order valence-electron chi connectivity index (χ2n) is 12.2. The summed E-state index contributed by atoms with van der Waals surface area (Å²) in [6.07, 6.45) is 3.83. The predicted octanol–water partition coefficient (Wildman–Crippen LogP) is 5.86. The monoisotopic (exact) mass is 555 g/mol. The number of aromatic nitrogens is 3. The molecule has 0 N–H and O–H groups in total. The number of aryl methyl sites for hydroxylation is 1. The van der Waals surface area contributed by atoms with Gasteiger partial charge in [0.15, 0.2) is 17.4 Å². The van der Waals surface area contributed by atoms with Crippen molar-refractivity contribution in [2.24, 2.45) is 11.3 Å². The number of nitrogens with zero attached hydrogens (tertiary/aromatic N) is 5. The largest absolute Gasteiger partial charge is 0.494 e. The average Bonchev–Trinajstić information content (AvgIpc) is 3.68. The zero-order valence-corrected chi connectivity index (χ0v) is 22.8. The van der Waals surface area contributed by atoms with Gasteiger partial charge in [0, 0.05) is 49.0 Å². The molecule has 3 aromatic rings. The van der Waals surface area contributed by atoms with E-state index in [1.54, 1.807) is 0 Å². The zero-order valence-electron chi connectivity index (χ0n) is 22.8. The van der Waals surface area contributed by atoms with Gasteiger partial charge in [0.25, 0.3) is 5.92 Å². The van der Waals surface area contributed by atoms with Crippen molar-refractivity contribution in [3.8, 4) is 11.4 Å². The third-order valence-corrected chi connectivity index (χ3v) is 9.25. The minimum Gasteiger partial charge on any atom is -0.494 e. The Hall–Kier alpha value is -3.14. The topological polar surface area (TPSA) is 46.4 Å². The Balaban J connectivity index is 1.12. The Kier molecular flexibility index (Phi) is 5.93. The minimum atomic E-state index is -2.70. The lowest BCUT2D eigenvalue weighted by Crippen LogP contribution is -2.62. The molecule has 6 nitrogen and oxygen atoms in total. The van der Waals surface area contributed by atoms with E-state index in [0.29, 0.717) is 50.5 Å². The lowest BCUT2D eigenvalue weighted by Gasteiger charge is -2.59. The van der Waals surface area contributed by atoms with Crippen molar-refractivity contribution in [3.63, 3.8) is 0 Å². The molecule has 7 rings (SSSR count). The van der Waals surface area contributed by atoms with Crippen LogP contribution in [0.1, 0.15) is 61.3 Å². The normalized spacial score (nSPS) is 20.5. The molecule has 3 fully saturated rings. The lowest BCUT2D eigenvalue weighted by atomic mass is 9.57. The van der Waals surface area contributed by atoms with E-state index in [1.165, 1.54) is 18.7 Å². The van der Waals surface area contributed by atoms with Crippen molar-refractivity contribution in [2.45, 2.75) is 64.0 Å². The van der Waals surface area contributed by atoms with Crippen LogP contribution < -0.4 is 9.64 Å². The first-order chi connectivity index (χ1) is 19.2. The van der Waals surface area contributed by atoms with E-state index < -0.39 is 23.5 Å². The fourth-order valence-electron chi connectivity index (χ4n) is 6.98. The van der Waals surface area contributed by atoms with Gasteiger partial charge in [-0.15, -0.1) is 10.2 Å². The SMILES string of the molecule is CCc1ccc2c(c1)CN(CC(F)(F)C1CC1)Cc1nnc(C3CC4(C3)CN(c3cc(OC)c(F)cc3F)C4)n1-2. The summed E-state index contributed by atoms with van der Waals surface area (Å²) in [7, 11) is 1.37. The number of alkyl halides is 2. The highest BCUT2D eigenvalue weighted by molar-refractivity contribution is 5.56. The van der Waals surface area contributed by atoms with E-state index in [1.807, 2.05) is 9.80 Å². The Labute approximate surface area is 230 Å². The number of rotatable bonds is 7. The summed E-state index contributed by atoms with van der Waals surface area (Å²) in [6, 6.07) is 8.61. The van der Waals surface area contributed by atoms with E-state index in [9.17, 15) is 17.6 Å². The van der Waals surface area contributed by atoms with Gasteiger partial charge >= 0.3 is 0 Å². The molecule has 0 radical (unpaired) electrons. The summed E-state index contributed by atoms with van der Waals surface area (Å²) in [5.74, 6) is -2.74. The van der Waals surface area contributed by atoms with Crippen LogP contribution in [-0.2, 0) is 19.5 Å². The lowest BCUT2D eigenvalue weighted by molar-refractivity contribution is -0.0558. The fourth-order valence-corrected chi connectivity index (χ4v) is 6.98. The molecule has 1 saturated heterocycles. The Bertz CT molecular complexity index is 1450. The number of ether oxygens (including phenoxy) is 1. The van der Waals surface area contributed by atoms with Crippen LogP contribution in [0.25, 0.3) is 5.69 Å². The second kappa shape index (κ2) is 9.19. The number of fused-ring (bicyclic) bond motifs is 3. The Morgan fingerprint density at radius 2 is 1.77 bits per heavy atom. The molecular weight excluding hydrogens is 522 g/mol. The summed E-state index contributed by atoms with van der Waals surface area (Å²) in [6.45, 7) is 3.94. The first kappa shape index (κ1) is 25.8. The quantitative estimate of drug-likeness (QED) is 0.342. The number of benzene rings is 2. The Morgan fingerprint density at radius 3 is 2.48 bits per heavy atom. The van der Waals surface area contributed by atoms with Crippen LogP contribution in [0.5, 0.6) is 5.75 Å². The first-order valence-electron chi connectivity index (χ1n) is 14.1. The number of hydrogen-bond donors (Lipinski definition) is 0. The van der Waals surface area contributed by atoms with Crippen molar-refractivity contribution in [3.05, 3.63) is 64.7 Å². The molecule has 212 valence electrons. The van der Waals surface area contributed by atoms with Gasteiger partial charge in [-0.2, -0.15) is 0 Å². The number of hydrogen-bond acceptors (Lipinski definition) is 5. The first-order valence-corrected chi connectivity index (χ1v) is 14.1. The standard InChI is InChI=1S/C30H33F4N5O/c1-3-18-4-7-24-19(8-18)13-37(17-30(33,34)21-5-6-21)14-27-35-36-28(39(24)27)20-11-29(12-20)15-38(16-29)25-10-26(40-2)23(32)9-22(25)31/h4,7-10,20-21H,3,5-6,11-17H2,1-2H3. The molecule has 0 bridgehead atoms. The smallest absolute Gasteiger partial charge is 0.263 e. The third-order valence-electron chi connectivity index (χ3n) is 9.25. The summed E-state index contributed by atoms with van der Waals surface area (Å²) >= 11 is 0. The van der Waals surface area contributed by atoms with E-state index in [0.717, 1.165) is 42.4 Å². The molecule has 2 saturated carbocycles. The molecule has 2 aromatic carbocycles. The average molecular weight is 556 g/mol. The van der Waals surface area contributed by atoms with Crippen LogP contribution in [0.4, 0.5) is 23.2 Å².